The van der Waals surface area contributed by atoms with E-state index in [4.69, 9.17) is 0 Å². The average Bonchev–Trinajstić information content (AvgIpc) is 2.76. The molecule has 1 radical (unpaired) electrons. The molecule has 0 aromatic rings. The molecule has 0 N–H and O–H groups in total. The summed E-state index contributed by atoms with van der Waals surface area (Å²) >= 11 is 0. The second-order valence-corrected chi connectivity index (χ2v) is 9.68. The zero-order valence-electron chi connectivity index (χ0n) is 21.2. The maximum atomic E-state index is 3.83. The van der Waals surface area contributed by atoms with Crippen LogP contribution in [0.1, 0.15) is 174 Å². The lowest BCUT2D eigenvalue weighted by molar-refractivity contribution is 0.517. The Labute approximate surface area is 193 Å². The van der Waals surface area contributed by atoms with Crippen LogP contribution in [-0.2, 0) is 0 Å². The van der Waals surface area contributed by atoms with Gasteiger partial charge in [-0.1, -0.05) is 167 Å². The van der Waals surface area contributed by atoms with E-state index in [1.807, 2.05) is 0 Å². The predicted octanol–water partition coefficient (Wildman–Crippen LogP) is 11.5. The zero-order valence-corrected chi connectivity index (χ0v) is 21.2. The Kier molecular flexibility index (Phi) is 28.5. The summed E-state index contributed by atoms with van der Waals surface area (Å²) in [6.07, 6.45) is 41.9. The molecule has 0 unspecified atom stereocenters. The maximum Gasteiger partial charge on any atom is -0.0351 e. The van der Waals surface area contributed by atoms with Gasteiger partial charge in [-0.25, -0.2) is 0 Å². The summed E-state index contributed by atoms with van der Waals surface area (Å²) in [4.78, 5) is 0. The molecule has 0 aliphatic rings. The van der Waals surface area contributed by atoms with Crippen LogP contribution < -0.4 is 0 Å². The lowest BCUT2D eigenvalue weighted by Gasteiger charge is -2.04. The van der Waals surface area contributed by atoms with Crippen LogP contribution in [0, 0.1) is 6.92 Å². The van der Waals surface area contributed by atoms with Gasteiger partial charge in [-0.2, -0.15) is 0 Å². The predicted molar refractivity (Wildman–Crippen MR) is 140 cm³/mol. The third kappa shape index (κ3) is 27.7. The van der Waals surface area contributed by atoms with Crippen molar-refractivity contribution in [3.05, 3.63) is 19.1 Å². The molecular formula is C30H59. The van der Waals surface area contributed by atoms with Crippen LogP contribution in [0.2, 0.25) is 0 Å². The first-order valence-corrected chi connectivity index (χ1v) is 14.4. The van der Waals surface area contributed by atoms with Crippen LogP contribution in [-0.4, -0.2) is 0 Å². The van der Waals surface area contributed by atoms with E-state index >= 15 is 0 Å². The molecule has 0 saturated heterocycles. The highest BCUT2D eigenvalue weighted by atomic mass is 14.0. The Morgan fingerprint density at radius 2 is 0.633 bits per heavy atom. The van der Waals surface area contributed by atoms with Gasteiger partial charge in [0.25, 0.3) is 0 Å². The molecule has 0 bridgehead atoms. The van der Waals surface area contributed by atoms with Gasteiger partial charge in [0.2, 0.25) is 0 Å². The second kappa shape index (κ2) is 28.7. The molecule has 0 fully saturated rings. The maximum absolute atomic E-state index is 3.83. The van der Waals surface area contributed by atoms with E-state index in [2.05, 4.69) is 26.0 Å². The number of allylic oxidation sites excluding steroid dienone is 2. The fourth-order valence-corrected chi connectivity index (χ4v) is 4.46. The molecule has 0 amide bonds. The largest absolute Gasteiger partial charge is 0.0885 e. The zero-order chi connectivity index (χ0) is 21.8. The van der Waals surface area contributed by atoms with E-state index in [-0.39, 0.29) is 0 Å². The fraction of sp³-hybridized carbons (Fsp3) is 0.900. The van der Waals surface area contributed by atoms with Gasteiger partial charge in [-0.15, -0.1) is 0 Å². The summed E-state index contributed by atoms with van der Waals surface area (Å²) in [5, 5.41) is 0. The normalized spacial score (nSPS) is 11.7. The fourth-order valence-electron chi connectivity index (χ4n) is 4.46. The van der Waals surface area contributed by atoms with Crippen LogP contribution in [0.5, 0.6) is 0 Å². The summed E-state index contributed by atoms with van der Waals surface area (Å²) < 4.78 is 0. The summed E-state index contributed by atoms with van der Waals surface area (Å²) in [7, 11) is 0. The van der Waals surface area contributed by atoms with Crippen molar-refractivity contribution in [2.45, 2.75) is 174 Å². The number of unbranched alkanes of at least 4 members (excludes halogenated alkanes) is 24. The monoisotopic (exact) mass is 419 g/mol. The van der Waals surface area contributed by atoms with Gasteiger partial charge in [0.05, 0.1) is 0 Å². The van der Waals surface area contributed by atoms with E-state index < -0.39 is 0 Å². The van der Waals surface area contributed by atoms with Crippen molar-refractivity contribution < 1.29 is 0 Å². The highest BCUT2D eigenvalue weighted by Gasteiger charge is 1.96. The van der Waals surface area contributed by atoms with Crippen molar-refractivity contribution >= 4 is 0 Å². The molecule has 0 heteroatoms. The average molecular weight is 420 g/mol. The highest BCUT2D eigenvalue weighted by Crippen LogP contribution is 2.15. The van der Waals surface area contributed by atoms with Crippen molar-refractivity contribution in [1.29, 1.82) is 0 Å². The molecule has 0 saturated carbocycles. The Bertz CT molecular complexity index is 303. The first-order valence-electron chi connectivity index (χ1n) is 14.4. The highest BCUT2D eigenvalue weighted by molar-refractivity contribution is 4.81. The standard InChI is InChI=1S/C30H59/c1-3-5-7-9-11-13-15-17-19-21-23-25-27-29-30-28-26-24-22-20-18-16-14-12-10-8-6-4-2/h5,7H,1,3-4,6,8-30H2,2H3/b7-5+. The van der Waals surface area contributed by atoms with E-state index in [9.17, 15) is 0 Å². The lowest BCUT2D eigenvalue weighted by atomic mass is 10.0. The van der Waals surface area contributed by atoms with Crippen LogP contribution in [0.15, 0.2) is 12.2 Å². The van der Waals surface area contributed by atoms with Crippen molar-refractivity contribution in [2.24, 2.45) is 0 Å². The van der Waals surface area contributed by atoms with Gasteiger partial charge < -0.3 is 0 Å². The van der Waals surface area contributed by atoms with Gasteiger partial charge in [0.1, 0.15) is 0 Å². The number of hydrogen-bond donors (Lipinski definition) is 0. The van der Waals surface area contributed by atoms with E-state index in [1.54, 1.807) is 0 Å². The molecule has 179 valence electrons. The molecule has 0 aliphatic heterocycles. The molecule has 0 rings (SSSR count). The second-order valence-electron chi connectivity index (χ2n) is 9.68. The minimum atomic E-state index is 0.944. The first kappa shape index (κ1) is 29.7. The Morgan fingerprint density at radius 3 is 0.900 bits per heavy atom. The topological polar surface area (TPSA) is 0 Å². The van der Waals surface area contributed by atoms with Crippen molar-refractivity contribution in [3.63, 3.8) is 0 Å². The summed E-state index contributed by atoms with van der Waals surface area (Å²) in [6.45, 7) is 6.13. The first-order chi connectivity index (χ1) is 14.9. The molecular weight excluding hydrogens is 360 g/mol. The minimum absolute atomic E-state index is 0.944. The minimum Gasteiger partial charge on any atom is -0.0885 e. The van der Waals surface area contributed by atoms with Gasteiger partial charge in [-0.3, -0.25) is 0 Å². The molecule has 30 heavy (non-hydrogen) atoms. The van der Waals surface area contributed by atoms with Crippen LogP contribution in [0.3, 0.4) is 0 Å². The smallest absolute Gasteiger partial charge is 0.0351 e. The van der Waals surface area contributed by atoms with Gasteiger partial charge in [-0.05, 0) is 26.2 Å². The van der Waals surface area contributed by atoms with Gasteiger partial charge in [0, 0.05) is 0 Å². The Balaban J connectivity index is 2.99. The number of hydrogen-bond acceptors (Lipinski definition) is 0. The molecule has 0 aliphatic carbocycles. The lowest BCUT2D eigenvalue weighted by Crippen LogP contribution is -1.84. The molecule has 0 aromatic carbocycles. The van der Waals surface area contributed by atoms with Crippen LogP contribution in [0.25, 0.3) is 0 Å². The van der Waals surface area contributed by atoms with E-state index in [0.29, 0.717) is 0 Å². The molecule has 0 aromatic heterocycles. The molecule has 0 atom stereocenters. The molecule has 0 heterocycles. The van der Waals surface area contributed by atoms with Crippen molar-refractivity contribution in [2.75, 3.05) is 0 Å². The van der Waals surface area contributed by atoms with Gasteiger partial charge >= 0.3 is 0 Å². The van der Waals surface area contributed by atoms with E-state index in [1.165, 1.54) is 161 Å². The Hall–Kier alpha value is -0.260. The number of rotatable bonds is 26. The summed E-state index contributed by atoms with van der Waals surface area (Å²) in [6, 6.07) is 0. The molecule has 0 nitrogen and oxygen atoms in total. The van der Waals surface area contributed by atoms with E-state index in [0.717, 1.165) is 6.42 Å². The Morgan fingerprint density at radius 1 is 0.367 bits per heavy atom. The van der Waals surface area contributed by atoms with Crippen LogP contribution in [0.4, 0.5) is 0 Å². The quantitative estimate of drug-likeness (QED) is 0.0965. The van der Waals surface area contributed by atoms with Gasteiger partial charge in [0.15, 0.2) is 0 Å². The summed E-state index contributed by atoms with van der Waals surface area (Å²) in [5.74, 6) is 0. The van der Waals surface area contributed by atoms with Crippen molar-refractivity contribution in [1.82, 2.24) is 0 Å². The summed E-state index contributed by atoms with van der Waals surface area (Å²) in [5.41, 5.74) is 0. The third-order valence-corrected chi connectivity index (χ3v) is 6.56. The SMILES string of the molecule is [CH2]C/C=C/CCCCCCCCCCCCCCCCCCCCCCCCCC. The third-order valence-electron chi connectivity index (χ3n) is 6.56. The van der Waals surface area contributed by atoms with Crippen molar-refractivity contribution in [3.8, 4) is 0 Å². The van der Waals surface area contributed by atoms with Crippen LogP contribution >= 0.6 is 0 Å². The molecule has 0 spiro atoms.